The zero-order chi connectivity index (χ0) is 25.4. The first-order chi connectivity index (χ1) is 16.7. The predicted octanol–water partition coefficient (Wildman–Crippen LogP) is 3.94. The number of carbonyl (C=O) groups is 3. The van der Waals surface area contributed by atoms with Crippen LogP contribution in [0.25, 0.3) is 11.1 Å². The van der Waals surface area contributed by atoms with Crippen LogP contribution in [0.5, 0.6) is 0 Å². The Morgan fingerprint density at radius 2 is 1.63 bits per heavy atom. The summed E-state index contributed by atoms with van der Waals surface area (Å²) in [6.07, 6.45) is -0.371. The zero-order valence-electron chi connectivity index (χ0n) is 20.5. The van der Waals surface area contributed by atoms with E-state index in [1.165, 1.54) is 0 Å². The Hall–Kier alpha value is -3.39. The van der Waals surface area contributed by atoms with Crippen LogP contribution in [0.4, 0.5) is 4.79 Å². The SMILES string of the molecule is COCC(C)(C)CCNC(=O)C(CCC(=O)O)NC(=O)OCC1c2ccccc2-c2ccccc21. The summed E-state index contributed by atoms with van der Waals surface area (Å²) >= 11 is 0. The number of carboxylic acid groups (broad SMARTS) is 1. The van der Waals surface area contributed by atoms with Crippen molar-refractivity contribution in [1.29, 1.82) is 0 Å². The molecule has 0 radical (unpaired) electrons. The van der Waals surface area contributed by atoms with Gasteiger partial charge in [0.1, 0.15) is 12.6 Å². The van der Waals surface area contributed by atoms with Crippen molar-refractivity contribution in [1.82, 2.24) is 10.6 Å². The summed E-state index contributed by atoms with van der Waals surface area (Å²) in [5.41, 5.74) is 4.28. The third-order valence-electron chi connectivity index (χ3n) is 6.24. The average molecular weight is 483 g/mol. The van der Waals surface area contributed by atoms with Gasteiger partial charge in [-0.3, -0.25) is 9.59 Å². The predicted molar refractivity (Wildman–Crippen MR) is 132 cm³/mol. The molecule has 1 aliphatic rings. The van der Waals surface area contributed by atoms with Crippen molar-refractivity contribution in [3.05, 3.63) is 59.7 Å². The second-order valence-corrected chi connectivity index (χ2v) is 9.59. The van der Waals surface area contributed by atoms with Crippen LogP contribution in [0.3, 0.4) is 0 Å². The number of benzene rings is 2. The van der Waals surface area contributed by atoms with Gasteiger partial charge in [0.05, 0.1) is 6.61 Å². The van der Waals surface area contributed by atoms with E-state index >= 15 is 0 Å². The Balaban J connectivity index is 1.59. The molecule has 0 bridgehead atoms. The summed E-state index contributed by atoms with van der Waals surface area (Å²) in [6, 6.07) is 15.0. The van der Waals surface area contributed by atoms with Crippen LogP contribution >= 0.6 is 0 Å². The van der Waals surface area contributed by atoms with Gasteiger partial charge in [0.2, 0.25) is 5.91 Å². The van der Waals surface area contributed by atoms with E-state index in [1.54, 1.807) is 7.11 Å². The molecule has 3 N–H and O–H groups in total. The fourth-order valence-corrected chi connectivity index (χ4v) is 4.43. The van der Waals surface area contributed by atoms with Gasteiger partial charge in [-0.05, 0) is 40.5 Å². The standard InChI is InChI=1S/C27H34N2O6/c1-27(2,17-34-3)14-15-28-25(32)23(12-13-24(30)31)29-26(33)35-16-22-20-10-6-4-8-18(20)19-9-5-7-11-21(19)22/h4-11,22-23H,12-17H2,1-3H3,(H,28,32)(H,29,33)(H,30,31). The molecule has 0 heterocycles. The maximum atomic E-state index is 12.7. The molecule has 8 heteroatoms. The lowest BCUT2D eigenvalue weighted by Gasteiger charge is -2.24. The lowest BCUT2D eigenvalue weighted by atomic mass is 9.90. The summed E-state index contributed by atoms with van der Waals surface area (Å²) < 4.78 is 10.7. The Kier molecular flexibility index (Phi) is 8.87. The normalized spacial score (nSPS) is 13.5. The number of amides is 2. The third kappa shape index (κ3) is 7.05. The van der Waals surface area contributed by atoms with Crippen LogP contribution in [0, 0.1) is 5.41 Å². The Bertz CT molecular complexity index is 1010. The van der Waals surface area contributed by atoms with Crippen molar-refractivity contribution in [2.24, 2.45) is 5.41 Å². The highest BCUT2D eigenvalue weighted by Crippen LogP contribution is 2.44. The topological polar surface area (TPSA) is 114 Å². The zero-order valence-corrected chi connectivity index (χ0v) is 20.5. The van der Waals surface area contributed by atoms with Crippen LogP contribution < -0.4 is 10.6 Å². The maximum Gasteiger partial charge on any atom is 0.407 e. The van der Waals surface area contributed by atoms with Crippen molar-refractivity contribution in [2.75, 3.05) is 26.9 Å². The van der Waals surface area contributed by atoms with Gasteiger partial charge >= 0.3 is 12.1 Å². The van der Waals surface area contributed by atoms with E-state index < -0.39 is 24.0 Å². The number of nitrogens with one attached hydrogen (secondary N) is 2. The van der Waals surface area contributed by atoms with Gasteiger partial charge in [0.25, 0.3) is 0 Å². The molecular formula is C27H34N2O6. The molecule has 2 aromatic carbocycles. The first-order valence-electron chi connectivity index (χ1n) is 11.8. The number of carboxylic acids is 1. The van der Waals surface area contributed by atoms with Crippen LogP contribution in [-0.2, 0) is 19.1 Å². The molecule has 1 aliphatic carbocycles. The molecule has 2 amide bonds. The molecule has 188 valence electrons. The molecule has 0 fully saturated rings. The maximum absolute atomic E-state index is 12.7. The minimum absolute atomic E-state index is 0.0349. The second-order valence-electron chi connectivity index (χ2n) is 9.59. The Morgan fingerprint density at radius 3 is 2.20 bits per heavy atom. The third-order valence-corrected chi connectivity index (χ3v) is 6.24. The number of rotatable bonds is 12. The molecule has 3 rings (SSSR count). The molecule has 0 aliphatic heterocycles. The van der Waals surface area contributed by atoms with Crippen molar-refractivity contribution in [3.63, 3.8) is 0 Å². The first kappa shape index (κ1) is 26.2. The van der Waals surface area contributed by atoms with Crippen LogP contribution in [0.2, 0.25) is 0 Å². The molecule has 8 nitrogen and oxygen atoms in total. The van der Waals surface area contributed by atoms with Gasteiger partial charge in [0.15, 0.2) is 0 Å². The molecule has 0 saturated heterocycles. The summed E-state index contributed by atoms with van der Waals surface area (Å²) in [5.74, 6) is -1.59. The van der Waals surface area contributed by atoms with E-state index in [2.05, 4.69) is 22.8 Å². The van der Waals surface area contributed by atoms with E-state index in [-0.39, 0.29) is 30.8 Å². The number of methoxy groups -OCH3 is 1. The highest BCUT2D eigenvalue weighted by molar-refractivity contribution is 5.86. The lowest BCUT2D eigenvalue weighted by Crippen LogP contribution is -2.48. The highest BCUT2D eigenvalue weighted by atomic mass is 16.5. The molecular weight excluding hydrogens is 448 g/mol. The number of alkyl carbamates (subject to hydrolysis) is 1. The second kappa shape index (κ2) is 11.8. The molecule has 0 aromatic heterocycles. The quantitative estimate of drug-likeness (QED) is 0.422. The van der Waals surface area contributed by atoms with Crippen LogP contribution in [-0.4, -0.2) is 56.0 Å². The van der Waals surface area contributed by atoms with E-state index in [9.17, 15) is 14.4 Å². The van der Waals surface area contributed by atoms with Gasteiger partial charge in [-0.2, -0.15) is 0 Å². The molecule has 0 spiro atoms. The van der Waals surface area contributed by atoms with Gasteiger partial charge < -0.3 is 25.2 Å². The summed E-state index contributed by atoms with van der Waals surface area (Å²) in [4.78, 5) is 36.4. The number of aliphatic carboxylic acids is 1. The van der Waals surface area contributed by atoms with Crippen LogP contribution in [0.15, 0.2) is 48.5 Å². The van der Waals surface area contributed by atoms with E-state index in [1.807, 2.05) is 50.2 Å². The van der Waals surface area contributed by atoms with Crippen molar-refractivity contribution in [2.45, 2.75) is 45.1 Å². The Labute approximate surface area is 206 Å². The van der Waals surface area contributed by atoms with E-state index in [0.29, 0.717) is 19.6 Å². The monoisotopic (exact) mass is 482 g/mol. The molecule has 35 heavy (non-hydrogen) atoms. The van der Waals surface area contributed by atoms with Gasteiger partial charge in [-0.1, -0.05) is 62.4 Å². The number of hydrogen-bond donors (Lipinski definition) is 3. The van der Waals surface area contributed by atoms with Crippen LogP contribution in [0.1, 0.15) is 50.2 Å². The fourth-order valence-electron chi connectivity index (χ4n) is 4.43. The summed E-state index contributed by atoms with van der Waals surface area (Å²) in [7, 11) is 1.63. The van der Waals surface area contributed by atoms with E-state index in [4.69, 9.17) is 14.6 Å². The van der Waals surface area contributed by atoms with Gasteiger partial charge in [0, 0.05) is 26.0 Å². The first-order valence-corrected chi connectivity index (χ1v) is 11.8. The molecule has 1 unspecified atom stereocenters. The number of carbonyl (C=O) groups excluding carboxylic acids is 2. The van der Waals surface area contributed by atoms with Crippen molar-refractivity contribution >= 4 is 18.0 Å². The fraction of sp³-hybridized carbons (Fsp3) is 0.444. The molecule has 1 atom stereocenters. The van der Waals surface area contributed by atoms with E-state index in [0.717, 1.165) is 22.3 Å². The lowest BCUT2D eigenvalue weighted by molar-refractivity contribution is -0.137. The number of ether oxygens (including phenoxy) is 2. The summed E-state index contributed by atoms with van der Waals surface area (Å²) in [6.45, 7) is 5.09. The summed E-state index contributed by atoms with van der Waals surface area (Å²) in [5, 5.41) is 14.4. The van der Waals surface area contributed by atoms with Crippen molar-refractivity contribution in [3.8, 4) is 11.1 Å². The minimum Gasteiger partial charge on any atom is -0.481 e. The van der Waals surface area contributed by atoms with Crippen molar-refractivity contribution < 1.29 is 29.0 Å². The minimum atomic E-state index is -1.04. The Morgan fingerprint density at radius 1 is 1.03 bits per heavy atom. The molecule has 0 saturated carbocycles. The average Bonchev–Trinajstić information content (AvgIpc) is 3.13. The molecule has 2 aromatic rings. The van der Waals surface area contributed by atoms with Gasteiger partial charge in [-0.25, -0.2) is 4.79 Å². The smallest absolute Gasteiger partial charge is 0.407 e. The number of hydrogen-bond acceptors (Lipinski definition) is 5. The van der Waals surface area contributed by atoms with Gasteiger partial charge in [-0.15, -0.1) is 0 Å². The largest absolute Gasteiger partial charge is 0.481 e. The highest BCUT2D eigenvalue weighted by Gasteiger charge is 2.30. The number of fused-ring (bicyclic) bond motifs is 3.